The lowest BCUT2D eigenvalue weighted by Gasteiger charge is -2.31. The molecular weight excluding hydrogens is 240 g/mol. The summed E-state index contributed by atoms with van der Waals surface area (Å²) in [5.41, 5.74) is 7.06. The summed E-state index contributed by atoms with van der Waals surface area (Å²) in [5.74, 6) is -0.00874. The molecule has 0 bridgehead atoms. The molecule has 5 nitrogen and oxygen atoms in total. The molecule has 3 N–H and O–H groups in total. The first-order valence-corrected chi connectivity index (χ1v) is 6.53. The summed E-state index contributed by atoms with van der Waals surface area (Å²) in [7, 11) is 1.86. The van der Waals surface area contributed by atoms with Gasteiger partial charge in [0.1, 0.15) is 6.04 Å². The van der Waals surface area contributed by atoms with Gasteiger partial charge in [-0.25, -0.2) is 0 Å². The first-order valence-electron chi connectivity index (χ1n) is 6.53. The number of amides is 1. The van der Waals surface area contributed by atoms with Crippen LogP contribution in [0.1, 0.15) is 34.1 Å². The molecule has 0 aliphatic heterocycles. The van der Waals surface area contributed by atoms with Crippen LogP contribution in [-0.4, -0.2) is 29.5 Å². The predicted molar refractivity (Wildman–Crippen MR) is 79.0 cm³/mol. The molecule has 0 spiro atoms. The maximum atomic E-state index is 12.2. The quantitative estimate of drug-likeness (QED) is 0.850. The van der Waals surface area contributed by atoms with Crippen molar-refractivity contribution in [1.82, 2.24) is 10.3 Å². The van der Waals surface area contributed by atoms with Crippen LogP contribution in [0.25, 0.3) is 0 Å². The van der Waals surface area contributed by atoms with Gasteiger partial charge >= 0.3 is 0 Å². The first kappa shape index (κ1) is 15.3. The number of nitrogens with two attached hydrogens (primary N) is 1. The molecule has 1 aromatic rings. The highest BCUT2D eigenvalue weighted by molar-refractivity contribution is 5.86. The van der Waals surface area contributed by atoms with Crippen LogP contribution < -0.4 is 16.0 Å². The van der Waals surface area contributed by atoms with Crippen molar-refractivity contribution in [1.29, 1.82) is 0 Å². The van der Waals surface area contributed by atoms with Crippen molar-refractivity contribution in [2.75, 3.05) is 17.7 Å². The zero-order valence-electron chi connectivity index (χ0n) is 12.4. The second-order valence-electron chi connectivity index (χ2n) is 5.45. The van der Waals surface area contributed by atoms with E-state index in [-0.39, 0.29) is 17.5 Å². The maximum Gasteiger partial charge on any atom is 0.242 e. The normalized spacial score (nSPS) is 12.9. The molecule has 1 atom stereocenters. The van der Waals surface area contributed by atoms with Crippen molar-refractivity contribution < 1.29 is 4.79 Å². The van der Waals surface area contributed by atoms with Crippen LogP contribution in [-0.2, 0) is 4.79 Å². The monoisotopic (exact) mass is 264 g/mol. The third-order valence-electron chi connectivity index (χ3n) is 3.51. The molecule has 1 heterocycles. The van der Waals surface area contributed by atoms with Gasteiger partial charge in [-0.2, -0.15) is 0 Å². The van der Waals surface area contributed by atoms with E-state index < -0.39 is 0 Å². The summed E-state index contributed by atoms with van der Waals surface area (Å²) < 4.78 is 0. The zero-order chi connectivity index (χ0) is 14.6. The zero-order valence-corrected chi connectivity index (χ0v) is 12.4. The van der Waals surface area contributed by atoms with Gasteiger partial charge in [0.2, 0.25) is 5.91 Å². The van der Waals surface area contributed by atoms with Gasteiger partial charge in [0, 0.05) is 18.8 Å². The SMILES string of the molecule is CCC(C)(C)NC(=O)C(C)N(C)c1ccncc1N. The Labute approximate surface area is 115 Å². The fraction of sp³-hybridized carbons (Fsp3) is 0.571. The topological polar surface area (TPSA) is 71.2 Å². The summed E-state index contributed by atoms with van der Waals surface area (Å²) >= 11 is 0. The maximum absolute atomic E-state index is 12.2. The Morgan fingerprint density at radius 2 is 2.21 bits per heavy atom. The van der Waals surface area contributed by atoms with Gasteiger partial charge in [0.15, 0.2) is 0 Å². The van der Waals surface area contributed by atoms with Crippen LogP contribution in [0.5, 0.6) is 0 Å². The molecular formula is C14H24N4O. The van der Waals surface area contributed by atoms with Crippen molar-refractivity contribution in [3.63, 3.8) is 0 Å². The van der Waals surface area contributed by atoms with E-state index in [0.29, 0.717) is 5.69 Å². The number of nitrogens with one attached hydrogen (secondary N) is 1. The van der Waals surface area contributed by atoms with E-state index in [9.17, 15) is 4.79 Å². The Balaban J connectivity index is 2.80. The van der Waals surface area contributed by atoms with Gasteiger partial charge in [-0.1, -0.05) is 6.92 Å². The van der Waals surface area contributed by atoms with E-state index in [1.54, 1.807) is 12.4 Å². The highest BCUT2D eigenvalue weighted by Gasteiger charge is 2.25. The molecule has 0 saturated heterocycles. The second-order valence-corrected chi connectivity index (χ2v) is 5.45. The van der Waals surface area contributed by atoms with Crippen LogP contribution in [0.4, 0.5) is 11.4 Å². The number of carbonyl (C=O) groups is 1. The molecule has 1 rings (SSSR count). The largest absolute Gasteiger partial charge is 0.396 e. The molecule has 1 unspecified atom stereocenters. The third kappa shape index (κ3) is 3.84. The average Bonchev–Trinajstić information content (AvgIpc) is 2.37. The molecule has 0 aliphatic rings. The summed E-state index contributed by atoms with van der Waals surface area (Å²) in [6.45, 7) is 7.94. The molecule has 1 aromatic heterocycles. The van der Waals surface area contributed by atoms with Crippen molar-refractivity contribution in [3.05, 3.63) is 18.5 Å². The molecule has 0 aromatic carbocycles. The average molecular weight is 264 g/mol. The minimum atomic E-state index is -0.296. The van der Waals surface area contributed by atoms with Crippen LogP contribution in [0.3, 0.4) is 0 Å². The number of nitrogens with zero attached hydrogens (tertiary/aromatic N) is 2. The summed E-state index contributed by atoms with van der Waals surface area (Å²) in [6.07, 6.45) is 4.14. The number of carbonyl (C=O) groups excluding carboxylic acids is 1. The number of hydrogen-bond donors (Lipinski definition) is 2. The molecule has 0 aliphatic carbocycles. The van der Waals surface area contributed by atoms with Gasteiger partial charge in [-0.3, -0.25) is 9.78 Å². The Bertz CT molecular complexity index is 445. The summed E-state index contributed by atoms with van der Waals surface area (Å²) in [5, 5.41) is 3.04. The van der Waals surface area contributed by atoms with E-state index in [4.69, 9.17) is 5.73 Å². The Kier molecular flexibility index (Phi) is 4.75. The fourth-order valence-corrected chi connectivity index (χ4v) is 1.63. The van der Waals surface area contributed by atoms with Gasteiger partial charge in [-0.05, 0) is 33.3 Å². The van der Waals surface area contributed by atoms with Crippen molar-refractivity contribution in [2.24, 2.45) is 0 Å². The molecule has 106 valence electrons. The van der Waals surface area contributed by atoms with Crippen molar-refractivity contribution in [3.8, 4) is 0 Å². The fourth-order valence-electron chi connectivity index (χ4n) is 1.63. The number of anilines is 2. The molecule has 0 fully saturated rings. The number of aromatic nitrogens is 1. The Morgan fingerprint density at radius 3 is 2.74 bits per heavy atom. The molecule has 0 saturated carbocycles. The van der Waals surface area contributed by atoms with Crippen LogP contribution in [0, 0.1) is 0 Å². The Morgan fingerprint density at radius 1 is 1.58 bits per heavy atom. The summed E-state index contributed by atoms with van der Waals surface area (Å²) in [6, 6.07) is 1.51. The van der Waals surface area contributed by atoms with Gasteiger partial charge in [0.25, 0.3) is 0 Å². The first-order chi connectivity index (χ1) is 8.78. The van der Waals surface area contributed by atoms with Gasteiger partial charge < -0.3 is 16.0 Å². The lowest BCUT2D eigenvalue weighted by Crippen LogP contribution is -2.51. The number of likely N-dealkylation sites (N-methyl/N-ethyl adjacent to an activating group) is 1. The van der Waals surface area contributed by atoms with Gasteiger partial charge in [-0.15, -0.1) is 0 Å². The number of hydrogen-bond acceptors (Lipinski definition) is 4. The van der Waals surface area contributed by atoms with Crippen molar-refractivity contribution in [2.45, 2.75) is 45.7 Å². The van der Waals surface area contributed by atoms with Crippen LogP contribution in [0.2, 0.25) is 0 Å². The second kappa shape index (κ2) is 5.91. The van der Waals surface area contributed by atoms with E-state index in [0.717, 1.165) is 12.1 Å². The van der Waals surface area contributed by atoms with E-state index in [1.807, 2.05) is 38.8 Å². The lowest BCUT2D eigenvalue weighted by molar-refractivity contribution is -0.123. The lowest BCUT2D eigenvalue weighted by atomic mass is 10.0. The van der Waals surface area contributed by atoms with E-state index in [2.05, 4.69) is 17.2 Å². The molecule has 5 heteroatoms. The Hall–Kier alpha value is -1.78. The van der Waals surface area contributed by atoms with E-state index in [1.165, 1.54) is 0 Å². The van der Waals surface area contributed by atoms with Crippen LogP contribution >= 0.6 is 0 Å². The molecule has 0 radical (unpaired) electrons. The smallest absolute Gasteiger partial charge is 0.242 e. The predicted octanol–water partition coefficient (Wildman–Crippen LogP) is 1.79. The summed E-state index contributed by atoms with van der Waals surface area (Å²) in [4.78, 5) is 18.0. The standard InChI is InChI=1S/C14H24N4O/c1-6-14(3,4)17-13(19)10(2)18(5)12-7-8-16-9-11(12)15/h7-10H,6,15H2,1-5H3,(H,17,19). The number of nitrogen functional groups attached to an aromatic ring is 1. The molecule has 19 heavy (non-hydrogen) atoms. The highest BCUT2D eigenvalue weighted by Crippen LogP contribution is 2.22. The molecule has 1 amide bonds. The van der Waals surface area contributed by atoms with Crippen molar-refractivity contribution >= 4 is 17.3 Å². The number of rotatable bonds is 5. The van der Waals surface area contributed by atoms with Crippen LogP contribution in [0.15, 0.2) is 18.5 Å². The van der Waals surface area contributed by atoms with Gasteiger partial charge in [0.05, 0.1) is 17.6 Å². The minimum absolute atomic E-state index is 0.00874. The van der Waals surface area contributed by atoms with E-state index >= 15 is 0 Å². The highest BCUT2D eigenvalue weighted by atomic mass is 16.2. The third-order valence-corrected chi connectivity index (χ3v) is 3.51. The minimum Gasteiger partial charge on any atom is -0.396 e. The number of pyridine rings is 1.